The summed E-state index contributed by atoms with van der Waals surface area (Å²) < 4.78 is 13.0. The number of nitrogens with two attached hydrogens (primary N) is 1. The van der Waals surface area contributed by atoms with Gasteiger partial charge in [0.2, 0.25) is 0 Å². The largest absolute Gasteiger partial charge is 0.398 e. The molecular formula is C16H15FN2O. The third-order valence-corrected chi connectivity index (χ3v) is 3.66. The molecule has 2 aromatic rings. The molecule has 0 fully saturated rings. The third kappa shape index (κ3) is 2.25. The van der Waals surface area contributed by atoms with E-state index in [9.17, 15) is 9.18 Å². The Morgan fingerprint density at radius 2 is 2.00 bits per heavy atom. The van der Waals surface area contributed by atoms with Gasteiger partial charge < -0.3 is 10.6 Å². The summed E-state index contributed by atoms with van der Waals surface area (Å²) in [6.07, 6.45) is 0.836. The molecule has 0 saturated carbocycles. The fourth-order valence-corrected chi connectivity index (χ4v) is 2.54. The Bertz CT molecular complexity index is 669. The van der Waals surface area contributed by atoms with E-state index >= 15 is 0 Å². The fourth-order valence-electron chi connectivity index (χ4n) is 2.54. The van der Waals surface area contributed by atoms with Crippen LogP contribution in [0.5, 0.6) is 0 Å². The Morgan fingerprint density at radius 3 is 2.80 bits per heavy atom. The second-order valence-electron chi connectivity index (χ2n) is 4.98. The smallest absolute Gasteiger partial charge is 0.254 e. The van der Waals surface area contributed by atoms with Crippen LogP contribution in [-0.2, 0) is 13.0 Å². The van der Waals surface area contributed by atoms with Crippen molar-refractivity contribution in [2.24, 2.45) is 0 Å². The van der Waals surface area contributed by atoms with Crippen molar-refractivity contribution in [3.05, 3.63) is 65.0 Å². The van der Waals surface area contributed by atoms with Gasteiger partial charge in [-0.1, -0.05) is 24.3 Å². The van der Waals surface area contributed by atoms with Gasteiger partial charge in [-0.15, -0.1) is 0 Å². The lowest BCUT2D eigenvalue weighted by Gasteiger charge is -2.29. The van der Waals surface area contributed by atoms with Crippen molar-refractivity contribution in [2.45, 2.75) is 13.0 Å². The van der Waals surface area contributed by atoms with Gasteiger partial charge in [-0.25, -0.2) is 4.39 Å². The molecule has 0 radical (unpaired) electrons. The molecule has 102 valence electrons. The van der Waals surface area contributed by atoms with E-state index in [1.165, 1.54) is 12.1 Å². The Kier molecular flexibility index (Phi) is 3.14. The summed E-state index contributed by atoms with van der Waals surface area (Å²) in [6, 6.07) is 11.9. The second kappa shape index (κ2) is 4.96. The quantitative estimate of drug-likeness (QED) is 0.853. The van der Waals surface area contributed by atoms with E-state index in [2.05, 4.69) is 0 Å². The van der Waals surface area contributed by atoms with Gasteiger partial charge >= 0.3 is 0 Å². The summed E-state index contributed by atoms with van der Waals surface area (Å²) in [5.74, 6) is -0.350. The van der Waals surface area contributed by atoms with Gasteiger partial charge in [0.05, 0.1) is 0 Å². The van der Waals surface area contributed by atoms with Crippen LogP contribution in [0.1, 0.15) is 21.5 Å². The fraction of sp³-hybridized carbons (Fsp3) is 0.188. The van der Waals surface area contributed by atoms with Crippen molar-refractivity contribution in [3.8, 4) is 0 Å². The average molecular weight is 270 g/mol. The lowest BCUT2D eigenvalue weighted by molar-refractivity contribution is 0.0727. The number of hydrogen-bond donors (Lipinski definition) is 1. The van der Waals surface area contributed by atoms with E-state index < -0.39 is 0 Å². The lowest BCUT2D eigenvalue weighted by atomic mass is 9.98. The Hall–Kier alpha value is -2.36. The summed E-state index contributed by atoms with van der Waals surface area (Å²) >= 11 is 0. The number of amides is 1. The lowest BCUT2D eigenvalue weighted by Crippen LogP contribution is -2.37. The molecule has 0 saturated heterocycles. The zero-order chi connectivity index (χ0) is 14.1. The minimum absolute atomic E-state index is 0.00979. The maximum absolute atomic E-state index is 13.0. The molecule has 3 nitrogen and oxygen atoms in total. The molecule has 0 aromatic heterocycles. The number of nitrogens with zero attached hydrogens (tertiary/aromatic N) is 1. The van der Waals surface area contributed by atoms with E-state index in [-0.39, 0.29) is 11.7 Å². The SMILES string of the molecule is Nc1cc(F)ccc1CN1CCc2ccccc2C1=O. The van der Waals surface area contributed by atoms with Gasteiger partial charge in [-0.05, 0) is 35.7 Å². The summed E-state index contributed by atoms with van der Waals surface area (Å²) in [7, 11) is 0. The van der Waals surface area contributed by atoms with Crippen molar-refractivity contribution in [3.63, 3.8) is 0 Å². The summed E-state index contributed by atoms with van der Waals surface area (Å²) in [5, 5.41) is 0. The first-order chi connectivity index (χ1) is 9.65. The highest BCUT2D eigenvalue weighted by molar-refractivity contribution is 5.96. The predicted octanol–water partition coefficient (Wildman–Crippen LogP) is 2.61. The second-order valence-corrected chi connectivity index (χ2v) is 4.98. The molecular weight excluding hydrogens is 255 g/mol. The van der Waals surface area contributed by atoms with E-state index in [0.29, 0.717) is 18.8 Å². The van der Waals surface area contributed by atoms with Crippen molar-refractivity contribution in [1.29, 1.82) is 0 Å². The number of carbonyl (C=O) groups is 1. The van der Waals surface area contributed by atoms with Crippen LogP contribution in [0, 0.1) is 5.82 Å². The number of carbonyl (C=O) groups excluding carboxylic acids is 1. The minimum atomic E-state index is -0.360. The molecule has 4 heteroatoms. The topological polar surface area (TPSA) is 46.3 Å². The third-order valence-electron chi connectivity index (χ3n) is 3.66. The van der Waals surface area contributed by atoms with Crippen LogP contribution < -0.4 is 5.73 Å². The number of halogens is 1. The maximum atomic E-state index is 13.0. The highest BCUT2D eigenvalue weighted by Crippen LogP contribution is 2.22. The highest BCUT2D eigenvalue weighted by atomic mass is 19.1. The zero-order valence-corrected chi connectivity index (χ0v) is 11.0. The Morgan fingerprint density at radius 1 is 1.20 bits per heavy atom. The number of nitrogen functional groups attached to an aromatic ring is 1. The molecule has 0 unspecified atom stereocenters. The van der Waals surface area contributed by atoms with Crippen molar-refractivity contribution in [2.75, 3.05) is 12.3 Å². The van der Waals surface area contributed by atoms with Gasteiger partial charge in [-0.2, -0.15) is 0 Å². The summed E-state index contributed by atoms with van der Waals surface area (Å²) in [6.45, 7) is 1.08. The molecule has 2 N–H and O–H groups in total. The van der Waals surface area contributed by atoms with Crippen LogP contribution in [0.15, 0.2) is 42.5 Å². The van der Waals surface area contributed by atoms with E-state index in [1.54, 1.807) is 11.0 Å². The van der Waals surface area contributed by atoms with Crippen molar-refractivity contribution < 1.29 is 9.18 Å². The molecule has 1 heterocycles. The minimum Gasteiger partial charge on any atom is -0.398 e. The average Bonchev–Trinajstić information content (AvgIpc) is 2.45. The molecule has 1 amide bonds. The van der Waals surface area contributed by atoms with Crippen LogP contribution in [-0.4, -0.2) is 17.4 Å². The molecule has 1 aliphatic rings. The maximum Gasteiger partial charge on any atom is 0.254 e. The first kappa shape index (κ1) is 12.7. The first-order valence-electron chi connectivity index (χ1n) is 6.56. The summed E-state index contributed by atoms with van der Waals surface area (Å²) in [4.78, 5) is 14.2. The molecule has 2 aromatic carbocycles. The first-order valence-corrected chi connectivity index (χ1v) is 6.56. The molecule has 20 heavy (non-hydrogen) atoms. The summed E-state index contributed by atoms with van der Waals surface area (Å²) in [5.41, 5.74) is 8.80. The molecule has 0 spiro atoms. The van der Waals surface area contributed by atoms with Crippen molar-refractivity contribution in [1.82, 2.24) is 4.90 Å². The van der Waals surface area contributed by atoms with E-state index in [0.717, 1.165) is 23.1 Å². The Balaban J connectivity index is 1.85. The van der Waals surface area contributed by atoms with Gasteiger partial charge in [0, 0.05) is 24.3 Å². The molecule has 0 atom stereocenters. The Labute approximate surface area is 116 Å². The van der Waals surface area contributed by atoms with Gasteiger partial charge in [0.15, 0.2) is 0 Å². The van der Waals surface area contributed by atoms with Crippen LogP contribution >= 0.6 is 0 Å². The van der Waals surface area contributed by atoms with Gasteiger partial charge in [0.1, 0.15) is 5.82 Å². The number of benzene rings is 2. The normalized spacial score (nSPS) is 14.2. The zero-order valence-electron chi connectivity index (χ0n) is 11.0. The van der Waals surface area contributed by atoms with Crippen LogP contribution in [0.3, 0.4) is 0 Å². The number of rotatable bonds is 2. The number of anilines is 1. The number of fused-ring (bicyclic) bond motifs is 1. The molecule has 1 aliphatic heterocycles. The van der Waals surface area contributed by atoms with E-state index in [4.69, 9.17) is 5.73 Å². The van der Waals surface area contributed by atoms with Crippen molar-refractivity contribution >= 4 is 11.6 Å². The molecule has 0 aliphatic carbocycles. The van der Waals surface area contributed by atoms with Crippen LogP contribution in [0.2, 0.25) is 0 Å². The van der Waals surface area contributed by atoms with E-state index in [1.807, 2.05) is 24.3 Å². The number of hydrogen-bond acceptors (Lipinski definition) is 2. The van der Waals surface area contributed by atoms with Crippen LogP contribution in [0.25, 0.3) is 0 Å². The highest BCUT2D eigenvalue weighted by Gasteiger charge is 2.24. The molecule has 0 bridgehead atoms. The van der Waals surface area contributed by atoms with Crippen LogP contribution in [0.4, 0.5) is 10.1 Å². The predicted molar refractivity (Wildman–Crippen MR) is 75.7 cm³/mol. The molecule has 3 rings (SSSR count). The van der Waals surface area contributed by atoms with Gasteiger partial charge in [0.25, 0.3) is 5.91 Å². The standard InChI is InChI=1S/C16H15FN2O/c17-13-6-5-12(15(18)9-13)10-19-8-7-11-3-1-2-4-14(11)16(19)20/h1-6,9H,7-8,10,18H2. The van der Waals surface area contributed by atoms with Gasteiger partial charge in [-0.3, -0.25) is 4.79 Å². The monoisotopic (exact) mass is 270 g/mol.